The molecule has 154 valence electrons. The number of amides is 1. The number of piperazine rings is 1. The molecule has 2 aliphatic rings. The Morgan fingerprint density at radius 3 is 2.62 bits per heavy atom. The lowest BCUT2D eigenvalue weighted by molar-refractivity contribution is -0.135. The smallest absolute Gasteiger partial charge is 0.260 e. The first-order valence-electron chi connectivity index (χ1n) is 9.92. The number of hydrogen-bond donors (Lipinski definition) is 0. The number of Topliss-reactive ketones (excluding diaryl/α,β-unsaturated/α-hetero) is 1. The predicted molar refractivity (Wildman–Crippen MR) is 106 cm³/mol. The zero-order chi connectivity index (χ0) is 20.4. The van der Waals surface area contributed by atoms with Crippen molar-refractivity contribution < 1.29 is 23.5 Å². The van der Waals surface area contributed by atoms with Crippen LogP contribution >= 0.6 is 0 Å². The molecule has 0 unspecified atom stereocenters. The Morgan fingerprint density at radius 1 is 1.10 bits per heavy atom. The number of para-hydroxylation sites is 1. The van der Waals surface area contributed by atoms with Crippen molar-refractivity contribution in [2.24, 2.45) is 0 Å². The van der Waals surface area contributed by atoms with E-state index >= 15 is 0 Å². The van der Waals surface area contributed by atoms with Crippen LogP contribution in [0.4, 0.5) is 0 Å². The molecule has 0 N–H and O–H groups in total. The highest BCUT2D eigenvalue weighted by atomic mass is 16.5. The van der Waals surface area contributed by atoms with E-state index in [1.807, 2.05) is 36.9 Å². The van der Waals surface area contributed by atoms with E-state index in [-0.39, 0.29) is 23.9 Å². The van der Waals surface area contributed by atoms with Gasteiger partial charge in [0.15, 0.2) is 23.9 Å². The van der Waals surface area contributed by atoms with Gasteiger partial charge in [0, 0.05) is 38.2 Å². The van der Waals surface area contributed by atoms with Crippen LogP contribution < -0.4 is 9.47 Å². The molecular weight excluding hydrogens is 372 g/mol. The lowest BCUT2D eigenvalue weighted by atomic mass is 10.0. The Morgan fingerprint density at radius 2 is 1.90 bits per heavy atom. The molecule has 0 radical (unpaired) electrons. The van der Waals surface area contributed by atoms with E-state index in [4.69, 9.17) is 13.9 Å². The van der Waals surface area contributed by atoms with Gasteiger partial charge in [-0.3, -0.25) is 14.5 Å². The van der Waals surface area contributed by atoms with Gasteiger partial charge < -0.3 is 18.8 Å². The number of benzene rings is 1. The van der Waals surface area contributed by atoms with Gasteiger partial charge in [0.2, 0.25) is 5.78 Å². The molecular formula is C22H26N2O5. The number of fused-ring (bicyclic) bond motifs is 1. The molecule has 7 heteroatoms. The second kappa shape index (κ2) is 7.91. The van der Waals surface area contributed by atoms with Gasteiger partial charge in [-0.1, -0.05) is 12.1 Å². The van der Waals surface area contributed by atoms with Crippen LogP contribution in [-0.4, -0.2) is 66.4 Å². The van der Waals surface area contributed by atoms with Crippen LogP contribution in [0.1, 0.15) is 30.0 Å². The van der Waals surface area contributed by atoms with Crippen molar-refractivity contribution in [3.05, 3.63) is 47.9 Å². The fourth-order valence-electron chi connectivity index (χ4n) is 3.81. The van der Waals surface area contributed by atoms with E-state index in [0.717, 1.165) is 17.7 Å². The summed E-state index contributed by atoms with van der Waals surface area (Å²) >= 11 is 0. The topological polar surface area (TPSA) is 72.2 Å². The molecule has 1 saturated heterocycles. The third kappa shape index (κ3) is 4.45. The Hall–Kier alpha value is -2.80. The number of carbonyl (C=O) groups is 2. The first-order chi connectivity index (χ1) is 13.9. The van der Waals surface area contributed by atoms with Crippen molar-refractivity contribution in [3.8, 4) is 11.5 Å². The highest BCUT2D eigenvalue weighted by Gasteiger charge is 2.32. The lowest BCUT2D eigenvalue weighted by Gasteiger charge is -2.34. The van der Waals surface area contributed by atoms with Crippen molar-refractivity contribution in [1.82, 2.24) is 9.80 Å². The van der Waals surface area contributed by atoms with Gasteiger partial charge in [0.05, 0.1) is 12.8 Å². The third-order valence-corrected chi connectivity index (χ3v) is 5.29. The third-order valence-electron chi connectivity index (χ3n) is 5.29. The van der Waals surface area contributed by atoms with Crippen LogP contribution in [0.25, 0.3) is 0 Å². The fraction of sp³-hybridized carbons (Fsp3) is 0.455. The second-order valence-electron chi connectivity index (χ2n) is 8.13. The van der Waals surface area contributed by atoms with Crippen LogP contribution in [0.2, 0.25) is 0 Å². The molecule has 0 atom stereocenters. The van der Waals surface area contributed by atoms with E-state index in [2.05, 4.69) is 0 Å². The molecule has 2 aliphatic heterocycles. The minimum absolute atomic E-state index is 0.0223. The quantitative estimate of drug-likeness (QED) is 0.696. The molecule has 4 rings (SSSR count). The maximum absolute atomic E-state index is 12.6. The molecule has 1 amide bonds. The molecule has 0 bridgehead atoms. The highest BCUT2D eigenvalue weighted by Crippen LogP contribution is 2.41. The summed E-state index contributed by atoms with van der Waals surface area (Å²) in [6.45, 7) is 6.80. The van der Waals surface area contributed by atoms with E-state index < -0.39 is 0 Å². The normalized spacial score (nSPS) is 18.2. The molecule has 0 saturated carbocycles. The van der Waals surface area contributed by atoms with Gasteiger partial charge in [-0.25, -0.2) is 0 Å². The summed E-state index contributed by atoms with van der Waals surface area (Å²) in [5.74, 6) is 1.63. The molecule has 1 aromatic heterocycles. The summed E-state index contributed by atoms with van der Waals surface area (Å²) in [6.07, 6.45) is 2.32. The largest absolute Gasteiger partial charge is 0.483 e. The Bertz CT molecular complexity index is 883. The van der Waals surface area contributed by atoms with Gasteiger partial charge in [-0.05, 0) is 32.0 Å². The Balaban J connectivity index is 1.26. The van der Waals surface area contributed by atoms with Gasteiger partial charge in [-0.15, -0.1) is 0 Å². The standard InChI is InChI=1S/C22H26N2O5/c1-22(2)13-16-5-3-6-19(21(16)29-22)28-15-20(26)24-10-8-23(9-11-24)14-17(25)18-7-4-12-27-18/h3-7,12H,8-11,13-15H2,1-2H3. The highest BCUT2D eigenvalue weighted by molar-refractivity contribution is 5.95. The monoisotopic (exact) mass is 398 g/mol. The summed E-state index contributed by atoms with van der Waals surface area (Å²) in [4.78, 5) is 28.5. The molecule has 2 aromatic rings. The number of ether oxygens (including phenoxy) is 2. The van der Waals surface area contributed by atoms with Crippen molar-refractivity contribution >= 4 is 11.7 Å². The summed E-state index contributed by atoms with van der Waals surface area (Å²) in [6, 6.07) is 9.18. The zero-order valence-corrected chi connectivity index (χ0v) is 16.8. The minimum Gasteiger partial charge on any atom is -0.483 e. The van der Waals surface area contributed by atoms with Gasteiger partial charge in [0.25, 0.3) is 5.91 Å². The molecule has 1 fully saturated rings. The van der Waals surface area contributed by atoms with Crippen molar-refractivity contribution in [2.45, 2.75) is 25.9 Å². The first kappa shape index (κ1) is 19.5. The van der Waals surface area contributed by atoms with E-state index in [1.54, 1.807) is 17.0 Å². The summed E-state index contributed by atoms with van der Waals surface area (Å²) in [7, 11) is 0. The van der Waals surface area contributed by atoms with Crippen molar-refractivity contribution in [2.75, 3.05) is 39.3 Å². The Kier molecular flexibility index (Phi) is 5.32. The van der Waals surface area contributed by atoms with Crippen LogP contribution in [0.15, 0.2) is 41.0 Å². The predicted octanol–water partition coefficient (Wildman–Crippen LogP) is 2.40. The number of rotatable bonds is 6. The van der Waals surface area contributed by atoms with E-state index in [0.29, 0.717) is 44.2 Å². The van der Waals surface area contributed by atoms with E-state index in [1.165, 1.54) is 6.26 Å². The number of furan rings is 1. The van der Waals surface area contributed by atoms with Crippen LogP contribution in [0.3, 0.4) is 0 Å². The summed E-state index contributed by atoms with van der Waals surface area (Å²) < 4.78 is 16.9. The van der Waals surface area contributed by atoms with Gasteiger partial charge in [0.1, 0.15) is 5.60 Å². The fourth-order valence-corrected chi connectivity index (χ4v) is 3.81. The van der Waals surface area contributed by atoms with Crippen LogP contribution in [0.5, 0.6) is 11.5 Å². The summed E-state index contributed by atoms with van der Waals surface area (Å²) in [5.41, 5.74) is 0.852. The van der Waals surface area contributed by atoms with Crippen LogP contribution in [0, 0.1) is 0 Å². The van der Waals surface area contributed by atoms with Crippen molar-refractivity contribution in [1.29, 1.82) is 0 Å². The summed E-state index contributed by atoms with van der Waals surface area (Å²) in [5, 5.41) is 0. The second-order valence-corrected chi connectivity index (χ2v) is 8.13. The number of ketones is 1. The Labute approximate surface area is 170 Å². The maximum Gasteiger partial charge on any atom is 0.260 e. The SMILES string of the molecule is CC1(C)Cc2cccc(OCC(=O)N3CCN(CC(=O)c4ccco4)CC3)c2O1. The average Bonchev–Trinajstić information content (AvgIpc) is 3.33. The maximum atomic E-state index is 12.6. The number of nitrogens with zero attached hydrogens (tertiary/aromatic N) is 2. The molecule has 3 heterocycles. The van der Waals surface area contributed by atoms with Gasteiger partial charge >= 0.3 is 0 Å². The van der Waals surface area contributed by atoms with Crippen molar-refractivity contribution in [3.63, 3.8) is 0 Å². The molecule has 1 aromatic carbocycles. The molecule has 0 aliphatic carbocycles. The van der Waals surface area contributed by atoms with E-state index in [9.17, 15) is 9.59 Å². The van der Waals surface area contributed by atoms with Gasteiger partial charge in [-0.2, -0.15) is 0 Å². The zero-order valence-electron chi connectivity index (χ0n) is 16.8. The average molecular weight is 398 g/mol. The minimum atomic E-state index is -0.255. The first-order valence-corrected chi connectivity index (χ1v) is 9.92. The molecule has 0 spiro atoms. The lowest BCUT2D eigenvalue weighted by Crippen LogP contribution is -2.51. The van der Waals surface area contributed by atoms with Crippen LogP contribution in [-0.2, 0) is 11.2 Å². The molecule has 29 heavy (non-hydrogen) atoms. The number of carbonyl (C=O) groups excluding carboxylic acids is 2. The molecule has 7 nitrogen and oxygen atoms in total. The number of hydrogen-bond acceptors (Lipinski definition) is 6.